The van der Waals surface area contributed by atoms with Crippen LogP contribution in [0.4, 0.5) is 0 Å². The summed E-state index contributed by atoms with van der Waals surface area (Å²) in [5.74, 6) is -1.07. The van der Waals surface area contributed by atoms with Gasteiger partial charge in [0, 0.05) is 23.7 Å². The molecule has 2 atom stereocenters. The van der Waals surface area contributed by atoms with Crippen molar-refractivity contribution in [3.8, 4) is 11.6 Å². The van der Waals surface area contributed by atoms with Crippen LogP contribution in [0.15, 0.2) is 42.6 Å². The molecule has 1 aromatic carbocycles. The number of benzene rings is 1. The Morgan fingerprint density at radius 1 is 1.16 bits per heavy atom. The molecule has 3 aromatic rings. The standard InChI is InChI=1S/C21H24N6O4/c1-12(2)9-17(21(29)30)16(20-24-26-27-25-20)10-13-3-8-18(23-11-13)31-15-6-4-14(5-7-15)19(22)28/h3-8,11-12,16-17H,9-10H2,1-2H3,(H2,22,28)(H,29,30)(H,24,25,26,27). The van der Waals surface area contributed by atoms with Crippen LogP contribution in [-0.4, -0.2) is 42.6 Å². The molecule has 0 fully saturated rings. The highest BCUT2D eigenvalue weighted by molar-refractivity contribution is 5.92. The summed E-state index contributed by atoms with van der Waals surface area (Å²) in [5.41, 5.74) is 6.44. The number of carbonyl (C=O) groups is 2. The number of nitrogens with zero attached hydrogens (tertiary/aromatic N) is 4. The molecule has 0 aliphatic carbocycles. The van der Waals surface area contributed by atoms with Gasteiger partial charge in [-0.1, -0.05) is 25.1 Å². The highest BCUT2D eigenvalue weighted by Gasteiger charge is 2.33. The molecule has 10 heteroatoms. The number of nitrogens with one attached hydrogen (secondary N) is 1. The van der Waals surface area contributed by atoms with E-state index in [1.165, 1.54) is 0 Å². The Hall–Kier alpha value is -3.82. The topological polar surface area (TPSA) is 157 Å². The number of ether oxygens (including phenoxy) is 1. The van der Waals surface area contributed by atoms with E-state index in [2.05, 4.69) is 25.6 Å². The Bertz CT molecular complexity index is 1000. The van der Waals surface area contributed by atoms with Gasteiger partial charge in [0.05, 0.1) is 5.92 Å². The van der Waals surface area contributed by atoms with Gasteiger partial charge in [-0.15, -0.1) is 10.2 Å². The lowest BCUT2D eigenvalue weighted by atomic mass is 9.81. The SMILES string of the molecule is CC(C)CC(C(=O)O)C(Cc1ccc(Oc2ccc(C(N)=O)cc2)nc1)c1nn[nH]n1. The second-order valence-corrected chi connectivity index (χ2v) is 7.65. The fourth-order valence-electron chi connectivity index (χ4n) is 3.34. The molecule has 2 heterocycles. The third-order valence-corrected chi connectivity index (χ3v) is 4.84. The third kappa shape index (κ3) is 5.84. The number of aromatic amines is 1. The van der Waals surface area contributed by atoms with Crippen molar-refractivity contribution in [3.05, 3.63) is 59.5 Å². The first-order valence-corrected chi connectivity index (χ1v) is 9.82. The van der Waals surface area contributed by atoms with Crippen LogP contribution in [0.25, 0.3) is 0 Å². The van der Waals surface area contributed by atoms with E-state index >= 15 is 0 Å². The molecule has 0 aliphatic heterocycles. The molecule has 162 valence electrons. The van der Waals surface area contributed by atoms with E-state index < -0.39 is 23.7 Å². The van der Waals surface area contributed by atoms with Crippen molar-refractivity contribution in [2.45, 2.75) is 32.6 Å². The van der Waals surface area contributed by atoms with E-state index in [1.54, 1.807) is 36.5 Å². The number of pyridine rings is 1. The van der Waals surface area contributed by atoms with Crippen molar-refractivity contribution in [2.75, 3.05) is 0 Å². The number of primary amides is 1. The Balaban J connectivity index is 1.75. The molecule has 0 aliphatic rings. The molecule has 0 spiro atoms. The molecular weight excluding hydrogens is 400 g/mol. The van der Waals surface area contributed by atoms with Crippen molar-refractivity contribution < 1.29 is 19.4 Å². The van der Waals surface area contributed by atoms with Crippen LogP contribution < -0.4 is 10.5 Å². The van der Waals surface area contributed by atoms with Gasteiger partial charge >= 0.3 is 5.97 Å². The second-order valence-electron chi connectivity index (χ2n) is 7.65. The van der Waals surface area contributed by atoms with Crippen LogP contribution in [0.5, 0.6) is 11.6 Å². The Morgan fingerprint density at radius 3 is 2.42 bits per heavy atom. The van der Waals surface area contributed by atoms with Crippen molar-refractivity contribution in [2.24, 2.45) is 17.6 Å². The van der Waals surface area contributed by atoms with Gasteiger partial charge in [-0.25, -0.2) is 4.98 Å². The van der Waals surface area contributed by atoms with E-state index in [0.29, 0.717) is 35.9 Å². The molecule has 1 amide bonds. The van der Waals surface area contributed by atoms with E-state index in [9.17, 15) is 14.7 Å². The Labute approximate surface area is 178 Å². The molecule has 2 unspecified atom stereocenters. The zero-order chi connectivity index (χ0) is 22.4. The van der Waals surface area contributed by atoms with Crippen molar-refractivity contribution in [1.29, 1.82) is 0 Å². The van der Waals surface area contributed by atoms with E-state index in [4.69, 9.17) is 10.5 Å². The third-order valence-electron chi connectivity index (χ3n) is 4.84. The minimum absolute atomic E-state index is 0.199. The number of aromatic nitrogens is 5. The van der Waals surface area contributed by atoms with Gasteiger partial charge in [-0.2, -0.15) is 5.21 Å². The van der Waals surface area contributed by atoms with Gasteiger partial charge in [0.25, 0.3) is 0 Å². The van der Waals surface area contributed by atoms with Crippen molar-refractivity contribution in [1.82, 2.24) is 25.6 Å². The summed E-state index contributed by atoms with van der Waals surface area (Å²) >= 11 is 0. The number of rotatable bonds is 10. The fraction of sp³-hybridized carbons (Fsp3) is 0.333. The zero-order valence-electron chi connectivity index (χ0n) is 17.2. The van der Waals surface area contributed by atoms with E-state index in [-0.39, 0.29) is 5.92 Å². The second kappa shape index (κ2) is 9.79. The predicted molar refractivity (Wildman–Crippen MR) is 110 cm³/mol. The minimum Gasteiger partial charge on any atom is -0.481 e. The summed E-state index contributed by atoms with van der Waals surface area (Å²) in [6.07, 6.45) is 2.52. The summed E-state index contributed by atoms with van der Waals surface area (Å²) in [7, 11) is 0. The maximum Gasteiger partial charge on any atom is 0.307 e. The maximum absolute atomic E-state index is 11.9. The first-order chi connectivity index (χ1) is 14.8. The number of nitrogens with two attached hydrogens (primary N) is 1. The quantitative estimate of drug-likeness (QED) is 0.448. The smallest absolute Gasteiger partial charge is 0.307 e. The van der Waals surface area contributed by atoms with E-state index in [1.807, 2.05) is 19.9 Å². The molecule has 3 rings (SSSR count). The number of carboxylic acid groups (broad SMARTS) is 1. The number of amides is 1. The van der Waals surface area contributed by atoms with Gasteiger partial charge in [-0.3, -0.25) is 9.59 Å². The highest BCUT2D eigenvalue weighted by atomic mass is 16.5. The number of carbonyl (C=O) groups excluding carboxylic acids is 1. The van der Waals surface area contributed by atoms with Crippen LogP contribution >= 0.6 is 0 Å². The highest BCUT2D eigenvalue weighted by Crippen LogP contribution is 2.31. The summed E-state index contributed by atoms with van der Waals surface area (Å²) < 4.78 is 5.69. The number of tetrazole rings is 1. The maximum atomic E-state index is 11.9. The summed E-state index contributed by atoms with van der Waals surface area (Å²) in [6.45, 7) is 3.96. The van der Waals surface area contributed by atoms with Crippen LogP contribution in [-0.2, 0) is 11.2 Å². The lowest BCUT2D eigenvalue weighted by Gasteiger charge is -2.23. The van der Waals surface area contributed by atoms with Gasteiger partial charge in [0.15, 0.2) is 5.82 Å². The summed E-state index contributed by atoms with van der Waals surface area (Å²) in [4.78, 5) is 27.4. The average molecular weight is 424 g/mol. The van der Waals surface area contributed by atoms with Crippen molar-refractivity contribution >= 4 is 11.9 Å². The molecule has 4 N–H and O–H groups in total. The number of aliphatic carboxylic acids is 1. The number of carboxylic acids is 1. The fourth-order valence-corrected chi connectivity index (χ4v) is 3.34. The molecule has 0 saturated heterocycles. The molecule has 10 nitrogen and oxygen atoms in total. The normalized spacial score (nSPS) is 13.0. The molecule has 0 bridgehead atoms. The van der Waals surface area contributed by atoms with Gasteiger partial charge < -0.3 is 15.6 Å². The number of H-pyrrole nitrogens is 1. The van der Waals surface area contributed by atoms with Crippen molar-refractivity contribution in [3.63, 3.8) is 0 Å². The monoisotopic (exact) mass is 424 g/mol. The van der Waals surface area contributed by atoms with Crippen LogP contribution in [0.1, 0.15) is 47.9 Å². The largest absolute Gasteiger partial charge is 0.481 e. The van der Waals surface area contributed by atoms with Crippen LogP contribution in [0.2, 0.25) is 0 Å². The molecule has 0 saturated carbocycles. The van der Waals surface area contributed by atoms with Crippen LogP contribution in [0.3, 0.4) is 0 Å². The number of hydrogen-bond donors (Lipinski definition) is 3. The minimum atomic E-state index is -0.893. The molecule has 0 radical (unpaired) electrons. The number of hydrogen-bond acceptors (Lipinski definition) is 7. The Kier molecular flexibility index (Phi) is 6.91. The lowest BCUT2D eigenvalue weighted by molar-refractivity contribution is -0.143. The Morgan fingerprint density at radius 2 is 1.90 bits per heavy atom. The zero-order valence-corrected chi connectivity index (χ0v) is 17.2. The van der Waals surface area contributed by atoms with Gasteiger partial charge in [-0.05, 0) is 48.6 Å². The first-order valence-electron chi connectivity index (χ1n) is 9.82. The van der Waals surface area contributed by atoms with E-state index in [0.717, 1.165) is 5.56 Å². The van der Waals surface area contributed by atoms with Gasteiger partial charge in [0.1, 0.15) is 5.75 Å². The van der Waals surface area contributed by atoms with Gasteiger partial charge in [0.2, 0.25) is 11.8 Å². The molecule has 31 heavy (non-hydrogen) atoms. The first kappa shape index (κ1) is 21.9. The summed E-state index contributed by atoms with van der Waals surface area (Å²) in [6, 6.07) is 9.92. The lowest BCUT2D eigenvalue weighted by Crippen LogP contribution is -2.26. The molecular formula is C21H24N6O4. The predicted octanol–water partition coefficient (Wildman–Crippen LogP) is 2.56. The summed E-state index contributed by atoms with van der Waals surface area (Å²) in [5, 5.41) is 23.8. The van der Waals surface area contributed by atoms with Crippen LogP contribution in [0, 0.1) is 11.8 Å². The average Bonchev–Trinajstić information content (AvgIpc) is 3.26. The molecule has 2 aromatic heterocycles.